The van der Waals surface area contributed by atoms with Gasteiger partial charge in [-0.15, -0.1) is 0 Å². The molecule has 1 atom stereocenters. The highest BCUT2D eigenvalue weighted by molar-refractivity contribution is 6.16. The van der Waals surface area contributed by atoms with Crippen LogP contribution in [-0.2, 0) is 9.59 Å². The van der Waals surface area contributed by atoms with Gasteiger partial charge in [0, 0.05) is 0 Å². The van der Waals surface area contributed by atoms with E-state index in [1.165, 1.54) is 0 Å². The number of benzene rings is 1. The van der Waals surface area contributed by atoms with E-state index in [4.69, 9.17) is 0 Å². The van der Waals surface area contributed by atoms with Gasteiger partial charge in [-0.05, 0) is 17.9 Å². The monoisotopic (exact) mass is 246 g/mol. The van der Waals surface area contributed by atoms with E-state index < -0.39 is 23.8 Å². The Balaban J connectivity index is 2.07. The average molecular weight is 246 g/mol. The summed E-state index contributed by atoms with van der Waals surface area (Å²) >= 11 is 0. The van der Waals surface area contributed by atoms with Crippen LogP contribution < -0.4 is 10.6 Å². The SMILES string of the molecule is C[C@@H](CC1C(=O)NC(=O)NC1=O)c1ccccc1. The Bertz CT molecular complexity index is 464. The summed E-state index contributed by atoms with van der Waals surface area (Å²) in [5.74, 6) is -1.78. The van der Waals surface area contributed by atoms with E-state index in [-0.39, 0.29) is 5.92 Å². The lowest BCUT2D eigenvalue weighted by Gasteiger charge is -2.23. The summed E-state index contributed by atoms with van der Waals surface area (Å²) in [6, 6.07) is 8.90. The molecule has 1 saturated heterocycles. The average Bonchev–Trinajstić information content (AvgIpc) is 2.34. The Morgan fingerprint density at radius 3 is 2.17 bits per heavy atom. The lowest BCUT2D eigenvalue weighted by Crippen LogP contribution is -2.55. The van der Waals surface area contributed by atoms with E-state index in [1.807, 2.05) is 37.3 Å². The maximum Gasteiger partial charge on any atom is 0.328 e. The number of hydrogen-bond acceptors (Lipinski definition) is 3. The zero-order valence-electron chi connectivity index (χ0n) is 9.97. The van der Waals surface area contributed by atoms with Crippen molar-refractivity contribution in [1.29, 1.82) is 0 Å². The van der Waals surface area contributed by atoms with Crippen molar-refractivity contribution in [2.45, 2.75) is 19.3 Å². The van der Waals surface area contributed by atoms with Crippen LogP contribution in [0.4, 0.5) is 4.79 Å². The number of urea groups is 1. The molecular formula is C13H14N2O3. The number of barbiturate groups is 1. The molecule has 0 bridgehead atoms. The first kappa shape index (κ1) is 12.3. The highest BCUT2D eigenvalue weighted by Crippen LogP contribution is 2.24. The Hall–Kier alpha value is -2.17. The van der Waals surface area contributed by atoms with Crippen LogP contribution >= 0.6 is 0 Å². The van der Waals surface area contributed by atoms with Gasteiger partial charge in [0.15, 0.2) is 0 Å². The maximum absolute atomic E-state index is 11.6. The molecule has 0 saturated carbocycles. The molecule has 0 unspecified atom stereocenters. The van der Waals surface area contributed by atoms with E-state index in [9.17, 15) is 14.4 Å². The van der Waals surface area contributed by atoms with Gasteiger partial charge in [0.2, 0.25) is 11.8 Å². The molecule has 1 heterocycles. The predicted octanol–water partition coefficient (Wildman–Crippen LogP) is 1.16. The van der Waals surface area contributed by atoms with Crippen molar-refractivity contribution in [3.05, 3.63) is 35.9 Å². The molecule has 4 amide bonds. The number of amides is 4. The van der Waals surface area contributed by atoms with Gasteiger partial charge in [0.05, 0.1) is 0 Å². The Morgan fingerprint density at radius 1 is 1.06 bits per heavy atom. The highest BCUT2D eigenvalue weighted by atomic mass is 16.2. The van der Waals surface area contributed by atoms with Gasteiger partial charge in [0.25, 0.3) is 0 Å². The normalized spacial score (nSPS) is 18.2. The number of carbonyl (C=O) groups is 3. The second-order valence-corrected chi connectivity index (χ2v) is 4.41. The fourth-order valence-corrected chi connectivity index (χ4v) is 2.03. The molecule has 1 aromatic carbocycles. The van der Waals surface area contributed by atoms with Crippen LogP contribution in [0.25, 0.3) is 0 Å². The molecule has 1 aromatic rings. The third-order valence-corrected chi connectivity index (χ3v) is 3.06. The fraction of sp³-hybridized carbons (Fsp3) is 0.308. The minimum absolute atomic E-state index is 0.0703. The van der Waals surface area contributed by atoms with E-state index in [0.29, 0.717) is 6.42 Å². The standard InChI is InChI=1S/C13H14N2O3/c1-8(9-5-3-2-4-6-9)7-10-11(16)14-13(18)15-12(10)17/h2-6,8,10H,7H2,1H3,(H2,14,15,16,17,18)/t8-/m0/s1. The number of carbonyl (C=O) groups excluding carboxylic acids is 3. The van der Waals surface area contributed by atoms with Crippen molar-refractivity contribution in [2.75, 3.05) is 0 Å². The van der Waals surface area contributed by atoms with Crippen molar-refractivity contribution in [3.63, 3.8) is 0 Å². The quantitative estimate of drug-likeness (QED) is 0.786. The third kappa shape index (κ3) is 2.56. The first-order valence-corrected chi connectivity index (χ1v) is 5.78. The number of hydrogen-bond donors (Lipinski definition) is 2. The van der Waals surface area contributed by atoms with Crippen molar-refractivity contribution in [2.24, 2.45) is 5.92 Å². The summed E-state index contributed by atoms with van der Waals surface area (Å²) < 4.78 is 0. The molecule has 2 rings (SSSR count). The largest absolute Gasteiger partial charge is 0.328 e. The van der Waals surface area contributed by atoms with Crippen LogP contribution in [0.5, 0.6) is 0 Å². The first-order chi connectivity index (χ1) is 8.58. The number of imide groups is 2. The molecule has 1 fully saturated rings. The molecule has 1 aliphatic rings. The predicted molar refractivity (Wildman–Crippen MR) is 64.6 cm³/mol. The van der Waals surface area contributed by atoms with Gasteiger partial charge in [-0.2, -0.15) is 0 Å². The first-order valence-electron chi connectivity index (χ1n) is 5.78. The lowest BCUT2D eigenvalue weighted by molar-refractivity contribution is -0.136. The van der Waals surface area contributed by atoms with Crippen LogP contribution in [0.3, 0.4) is 0 Å². The minimum atomic E-state index is -0.807. The third-order valence-electron chi connectivity index (χ3n) is 3.06. The topological polar surface area (TPSA) is 75.3 Å². The smallest absolute Gasteiger partial charge is 0.277 e. The summed E-state index contributed by atoms with van der Waals surface area (Å²) in [4.78, 5) is 34.1. The van der Waals surface area contributed by atoms with Gasteiger partial charge >= 0.3 is 6.03 Å². The maximum atomic E-state index is 11.6. The zero-order valence-corrected chi connectivity index (χ0v) is 9.97. The fourth-order valence-electron chi connectivity index (χ4n) is 2.03. The molecule has 2 N–H and O–H groups in total. The van der Waals surface area contributed by atoms with Crippen LogP contribution in [0.1, 0.15) is 24.8 Å². The number of rotatable bonds is 3. The van der Waals surface area contributed by atoms with Crippen molar-refractivity contribution < 1.29 is 14.4 Å². The van der Waals surface area contributed by atoms with Crippen LogP contribution in [0.2, 0.25) is 0 Å². The summed E-state index contributed by atoms with van der Waals surface area (Å²) in [5, 5.41) is 4.21. The van der Waals surface area contributed by atoms with Gasteiger partial charge in [-0.3, -0.25) is 20.2 Å². The summed E-state index contributed by atoms with van der Waals surface area (Å²) in [6.07, 6.45) is 0.384. The second-order valence-electron chi connectivity index (χ2n) is 4.41. The van der Waals surface area contributed by atoms with E-state index in [1.54, 1.807) is 0 Å². The molecule has 0 radical (unpaired) electrons. The Labute approximate surface area is 105 Å². The van der Waals surface area contributed by atoms with Crippen LogP contribution in [-0.4, -0.2) is 17.8 Å². The second kappa shape index (κ2) is 5.00. The number of nitrogens with one attached hydrogen (secondary N) is 2. The molecule has 1 aliphatic heterocycles. The summed E-state index contributed by atoms with van der Waals surface area (Å²) in [5.41, 5.74) is 1.06. The lowest BCUT2D eigenvalue weighted by atomic mass is 9.88. The van der Waals surface area contributed by atoms with E-state index >= 15 is 0 Å². The highest BCUT2D eigenvalue weighted by Gasteiger charge is 2.35. The molecule has 5 heteroatoms. The van der Waals surface area contributed by atoms with Gasteiger partial charge < -0.3 is 0 Å². The molecule has 94 valence electrons. The Morgan fingerprint density at radius 2 is 1.61 bits per heavy atom. The van der Waals surface area contributed by atoms with Gasteiger partial charge in [-0.25, -0.2) is 4.79 Å². The molecule has 0 aliphatic carbocycles. The van der Waals surface area contributed by atoms with Crippen molar-refractivity contribution >= 4 is 17.8 Å². The summed E-state index contributed by atoms with van der Waals surface area (Å²) in [6.45, 7) is 1.95. The van der Waals surface area contributed by atoms with Crippen LogP contribution in [0, 0.1) is 5.92 Å². The molecule has 5 nitrogen and oxygen atoms in total. The van der Waals surface area contributed by atoms with E-state index in [2.05, 4.69) is 10.6 Å². The molecular weight excluding hydrogens is 232 g/mol. The molecule has 18 heavy (non-hydrogen) atoms. The summed E-state index contributed by atoms with van der Waals surface area (Å²) in [7, 11) is 0. The molecule has 0 spiro atoms. The van der Waals surface area contributed by atoms with Crippen molar-refractivity contribution in [1.82, 2.24) is 10.6 Å². The molecule has 0 aromatic heterocycles. The van der Waals surface area contributed by atoms with Crippen molar-refractivity contribution in [3.8, 4) is 0 Å². The zero-order chi connectivity index (χ0) is 13.1. The van der Waals surface area contributed by atoms with Gasteiger partial charge in [-0.1, -0.05) is 37.3 Å². The van der Waals surface area contributed by atoms with Crippen LogP contribution in [0.15, 0.2) is 30.3 Å². The minimum Gasteiger partial charge on any atom is -0.277 e. The van der Waals surface area contributed by atoms with Gasteiger partial charge in [0.1, 0.15) is 5.92 Å². The Kier molecular flexibility index (Phi) is 3.41. The van der Waals surface area contributed by atoms with E-state index in [0.717, 1.165) is 5.56 Å².